The van der Waals surface area contributed by atoms with Crippen molar-refractivity contribution >= 4 is 0 Å². The van der Waals surface area contributed by atoms with Crippen LogP contribution in [0.4, 0.5) is 0 Å². The molecule has 2 atom stereocenters. The third-order valence-electron chi connectivity index (χ3n) is 7.94. The molecule has 0 heteroatoms. The van der Waals surface area contributed by atoms with Gasteiger partial charge in [0.1, 0.15) is 0 Å². The molecular formula is C30H44. The molecular weight excluding hydrogens is 360 g/mol. The van der Waals surface area contributed by atoms with Crippen molar-refractivity contribution in [1.29, 1.82) is 0 Å². The van der Waals surface area contributed by atoms with Crippen molar-refractivity contribution in [3.63, 3.8) is 0 Å². The lowest BCUT2D eigenvalue weighted by atomic mass is 9.64. The van der Waals surface area contributed by atoms with E-state index in [0.717, 1.165) is 38.5 Å². The molecule has 0 saturated heterocycles. The van der Waals surface area contributed by atoms with Gasteiger partial charge in [0, 0.05) is 0 Å². The van der Waals surface area contributed by atoms with Gasteiger partial charge in [0.25, 0.3) is 0 Å². The number of hydrogen-bond donors (Lipinski definition) is 0. The van der Waals surface area contributed by atoms with E-state index in [1.165, 1.54) is 12.8 Å². The van der Waals surface area contributed by atoms with Gasteiger partial charge in [-0.25, -0.2) is 0 Å². The van der Waals surface area contributed by atoms with Crippen LogP contribution in [-0.2, 0) is 38.5 Å². The highest BCUT2D eigenvalue weighted by Gasteiger charge is 2.36. The molecule has 0 bridgehead atoms. The van der Waals surface area contributed by atoms with Gasteiger partial charge >= 0.3 is 0 Å². The zero-order valence-electron chi connectivity index (χ0n) is 21.0. The van der Waals surface area contributed by atoms with Gasteiger partial charge in [-0.15, -0.1) is 0 Å². The van der Waals surface area contributed by atoms with Crippen LogP contribution in [0.1, 0.15) is 125 Å². The average Bonchev–Trinajstić information content (AvgIpc) is 2.79. The van der Waals surface area contributed by atoms with E-state index in [2.05, 4.69) is 67.5 Å². The van der Waals surface area contributed by atoms with Gasteiger partial charge in [-0.2, -0.15) is 0 Å². The van der Waals surface area contributed by atoms with Crippen molar-refractivity contribution in [2.45, 2.75) is 119 Å². The van der Waals surface area contributed by atoms with Crippen LogP contribution in [0.3, 0.4) is 0 Å². The summed E-state index contributed by atoms with van der Waals surface area (Å²) in [6.07, 6.45) is 9.41. The second-order valence-corrected chi connectivity index (χ2v) is 9.06. The molecule has 0 heterocycles. The van der Waals surface area contributed by atoms with Gasteiger partial charge in [0.15, 0.2) is 0 Å². The van der Waals surface area contributed by atoms with Crippen molar-refractivity contribution < 1.29 is 0 Å². The Morgan fingerprint density at radius 3 is 1.03 bits per heavy atom. The summed E-state index contributed by atoms with van der Waals surface area (Å²) >= 11 is 0. The first kappa shape index (κ1) is 23.1. The molecule has 0 aliphatic heterocycles. The van der Waals surface area contributed by atoms with Gasteiger partial charge < -0.3 is 0 Å². The van der Waals surface area contributed by atoms with Crippen LogP contribution in [0.25, 0.3) is 11.1 Å². The minimum Gasteiger partial charge on any atom is -0.0648 e. The first-order valence-electron chi connectivity index (χ1n) is 12.9. The number of hydrogen-bond acceptors (Lipinski definition) is 0. The van der Waals surface area contributed by atoms with Crippen LogP contribution in [0, 0.1) is 0 Å². The van der Waals surface area contributed by atoms with E-state index < -0.39 is 0 Å². The summed E-state index contributed by atoms with van der Waals surface area (Å²) < 4.78 is 0. The molecule has 3 rings (SSSR count). The van der Waals surface area contributed by atoms with Crippen molar-refractivity contribution in [3.8, 4) is 11.1 Å². The third kappa shape index (κ3) is 3.45. The Balaban J connectivity index is 2.52. The van der Waals surface area contributed by atoms with Gasteiger partial charge in [-0.1, -0.05) is 67.5 Å². The van der Waals surface area contributed by atoms with Crippen LogP contribution < -0.4 is 0 Å². The van der Waals surface area contributed by atoms with E-state index in [0.29, 0.717) is 11.8 Å². The normalized spacial score (nSPS) is 17.7. The molecule has 2 aromatic rings. The Hall–Kier alpha value is -1.56. The second-order valence-electron chi connectivity index (χ2n) is 9.06. The predicted octanol–water partition coefficient (Wildman–Crippen LogP) is 8.73. The number of benzene rings is 2. The van der Waals surface area contributed by atoms with Crippen LogP contribution in [0.5, 0.6) is 0 Å². The van der Waals surface area contributed by atoms with E-state index >= 15 is 0 Å². The minimum atomic E-state index is 0.658. The topological polar surface area (TPSA) is 0 Å². The zero-order valence-corrected chi connectivity index (χ0v) is 21.0. The summed E-state index contributed by atoms with van der Waals surface area (Å²) in [4.78, 5) is 0. The molecule has 0 radical (unpaired) electrons. The Bertz CT molecular complexity index is 824. The monoisotopic (exact) mass is 404 g/mol. The van der Waals surface area contributed by atoms with Crippen molar-refractivity contribution in [1.82, 2.24) is 0 Å². The van der Waals surface area contributed by atoms with E-state index in [4.69, 9.17) is 0 Å². The molecule has 1 aliphatic rings. The molecule has 0 amide bonds. The fourth-order valence-corrected chi connectivity index (χ4v) is 6.71. The summed E-state index contributed by atoms with van der Waals surface area (Å²) in [5.74, 6) is 1.32. The average molecular weight is 405 g/mol. The van der Waals surface area contributed by atoms with E-state index in [9.17, 15) is 0 Å². The highest BCUT2D eigenvalue weighted by Crippen LogP contribution is 2.54. The lowest BCUT2D eigenvalue weighted by molar-refractivity contribution is 0.497. The Kier molecular flexibility index (Phi) is 7.48. The molecule has 0 aromatic heterocycles. The Labute approximate surface area is 186 Å². The molecule has 0 fully saturated rings. The van der Waals surface area contributed by atoms with Crippen LogP contribution in [0.2, 0.25) is 0 Å². The van der Waals surface area contributed by atoms with Gasteiger partial charge in [0.05, 0.1) is 0 Å². The maximum absolute atomic E-state index is 2.60. The minimum absolute atomic E-state index is 0.658. The lowest BCUT2D eigenvalue weighted by Crippen LogP contribution is -2.23. The van der Waals surface area contributed by atoms with E-state index in [-0.39, 0.29) is 0 Å². The molecule has 0 saturated carbocycles. The first-order valence-corrected chi connectivity index (χ1v) is 12.9. The lowest BCUT2D eigenvalue weighted by Gasteiger charge is -2.40. The summed E-state index contributed by atoms with van der Waals surface area (Å²) in [7, 11) is 0. The molecule has 2 unspecified atom stereocenters. The highest BCUT2D eigenvalue weighted by molar-refractivity contribution is 5.80. The Morgan fingerprint density at radius 1 is 0.467 bits per heavy atom. The zero-order chi connectivity index (χ0) is 22.0. The van der Waals surface area contributed by atoms with E-state index in [1.54, 1.807) is 55.6 Å². The van der Waals surface area contributed by atoms with Gasteiger partial charge in [-0.3, -0.25) is 0 Å². The standard InChI is InChI=1S/C30H44/c1-9-19-17-27-28-18-20(10-2)22(12-4)24(14-6)30(28)26(16-8)25(15-7)29(27)23(13-5)21(19)11-3/h17-18,25-26H,9-16H2,1-8H3. The number of aryl methyl sites for hydroxylation is 2. The van der Waals surface area contributed by atoms with Gasteiger partial charge in [0.2, 0.25) is 0 Å². The summed E-state index contributed by atoms with van der Waals surface area (Å²) in [6, 6.07) is 5.20. The molecule has 0 N–H and O–H groups in total. The molecule has 0 nitrogen and oxygen atoms in total. The van der Waals surface area contributed by atoms with Crippen LogP contribution in [0.15, 0.2) is 12.1 Å². The van der Waals surface area contributed by atoms with E-state index in [1.807, 2.05) is 0 Å². The summed E-state index contributed by atoms with van der Waals surface area (Å²) in [5, 5.41) is 0. The molecule has 0 spiro atoms. The number of fused-ring (bicyclic) bond motifs is 3. The molecule has 2 aromatic carbocycles. The highest BCUT2D eigenvalue weighted by atomic mass is 14.4. The van der Waals surface area contributed by atoms with Crippen molar-refractivity contribution in [2.75, 3.05) is 0 Å². The summed E-state index contributed by atoms with van der Waals surface area (Å²) in [5.41, 5.74) is 16.4. The fourth-order valence-electron chi connectivity index (χ4n) is 6.71. The number of rotatable bonds is 8. The quantitative estimate of drug-likeness (QED) is 0.412. The van der Waals surface area contributed by atoms with Crippen molar-refractivity contribution in [3.05, 3.63) is 56.6 Å². The van der Waals surface area contributed by atoms with Crippen molar-refractivity contribution in [2.24, 2.45) is 0 Å². The first-order chi connectivity index (χ1) is 14.6. The SMILES string of the molecule is CCc1cc2c(c(CC)c1CC)C(CC)C(CC)c1c-2cc(CC)c(CC)c1CC. The molecule has 1 aliphatic carbocycles. The molecule has 164 valence electrons. The fraction of sp³-hybridized carbons (Fsp3) is 0.600. The summed E-state index contributed by atoms with van der Waals surface area (Å²) in [6.45, 7) is 19.0. The second kappa shape index (κ2) is 9.71. The third-order valence-corrected chi connectivity index (χ3v) is 7.94. The Morgan fingerprint density at radius 2 is 0.800 bits per heavy atom. The van der Waals surface area contributed by atoms with Crippen LogP contribution in [-0.4, -0.2) is 0 Å². The largest absolute Gasteiger partial charge is 0.0648 e. The molecule has 30 heavy (non-hydrogen) atoms. The smallest absolute Gasteiger partial charge is 0.00865 e. The maximum Gasteiger partial charge on any atom is -0.00865 e. The van der Waals surface area contributed by atoms with Crippen LogP contribution >= 0.6 is 0 Å². The van der Waals surface area contributed by atoms with Gasteiger partial charge in [-0.05, 0) is 119 Å². The maximum atomic E-state index is 2.60. The predicted molar refractivity (Wildman–Crippen MR) is 134 cm³/mol.